The zero-order valence-corrected chi connectivity index (χ0v) is 10.8. The number of rotatable bonds is 8. The van der Waals surface area contributed by atoms with E-state index in [0.29, 0.717) is 12.5 Å². The third-order valence-corrected chi connectivity index (χ3v) is 3.25. The lowest BCUT2D eigenvalue weighted by molar-refractivity contribution is -0.121. The smallest absolute Gasteiger partial charge is 0.233 e. The van der Waals surface area contributed by atoms with Crippen LogP contribution in [-0.2, 0) is 4.79 Å². The van der Waals surface area contributed by atoms with Crippen molar-refractivity contribution in [3.8, 4) is 0 Å². The zero-order valence-electron chi connectivity index (χ0n) is 9.95. The minimum Gasteiger partial charge on any atom is -0.303 e. The molecule has 0 saturated heterocycles. The van der Waals surface area contributed by atoms with Crippen LogP contribution in [0.5, 0.6) is 0 Å². The van der Waals surface area contributed by atoms with E-state index in [0.717, 1.165) is 25.1 Å². The van der Waals surface area contributed by atoms with Crippen LogP contribution in [0.2, 0.25) is 0 Å². The van der Waals surface area contributed by atoms with Gasteiger partial charge in [-0.25, -0.2) is 5.84 Å². The van der Waals surface area contributed by atoms with Crippen molar-refractivity contribution >= 4 is 17.7 Å². The van der Waals surface area contributed by atoms with Gasteiger partial charge in [-0.15, -0.1) is 0 Å². The van der Waals surface area contributed by atoms with Gasteiger partial charge in [0.25, 0.3) is 0 Å². The fourth-order valence-corrected chi connectivity index (χ4v) is 2.37. The molecule has 0 rings (SSSR count). The van der Waals surface area contributed by atoms with Gasteiger partial charge in [0.2, 0.25) is 5.91 Å². The van der Waals surface area contributed by atoms with Crippen molar-refractivity contribution in [2.75, 3.05) is 25.6 Å². The number of carbonyl (C=O) groups excluding carboxylic acids is 1. The predicted octanol–water partition coefficient (Wildman–Crippen LogP) is 0.830. The minimum atomic E-state index is -0.0821. The molecule has 90 valence electrons. The SMILES string of the molecule is CCC(CSC)N(C)CCCC(=O)NN. The van der Waals surface area contributed by atoms with Gasteiger partial charge < -0.3 is 4.90 Å². The first-order valence-corrected chi connectivity index (χ1v) is 6.73. The van der Waals surface area contributed by atoms with Gasteiger partial charge in [0.1, 0.15) is 0 Å². The summed E-state index contributed by atoms with van der Waals surface area (Å²) in [6.45, 7) is 3.15. The van der Waals surface area contributed by atoms with Crippen LogP contribution in [0.25, 0.3) is 0 Å². The van der Waals surface area contributed by atoms with E-state index in [9.17, 15) is 4.79 Å². The Morgan fingerprint density at radius 3 is 2.73 bits per heavy atom. The van der Waals surface area contributed by atoms with Crippen LogP contribution in [0, 0.1) is 0 Å². The highest BCUT2D eigenvalue weighted by Gasteiger charge is 2.11. The molecule has 0 heterocycles. The molecule has 4 nitrogen and oxygen atoms in total. The lowest BCUT2D eigenvalue weighted by Gasteiger charge is -2.26. The third kappa shape index (κ3) is 6.76. The number of hydrazine groups is 1. The predicted molar refractivity (Wildman–Crippen MR) is 66.7 cm³/mol. The Labute approximate surface area is 96.9 Å². The van der Waals surface area contributed by atoms with Gasteiger partial charge in [0.05, 0.1) is 0 Å². The van der Waals surface area contributed by atoms with E-state index >= 15 is 0 Å². The van der Waals surface area contributed by atoms with Crippen LogP contribution in [0.1, 0.15) is 26.2 Å². The Morgan fingerprint density at radius 2 is 2.27 bits per heavy atom. The fraction of sp³-hybridized carbons (Fsp3) is 0.900. The molecule has 0 spiro atoms. The van der Waals surface area contributed by atoms with Crippen molar-refractivity contribution in [3.05, 3.63) is 0 Å². The molecule has 0 aliphatic rings. The summed E-state index contributed by atoms with van der Waals surface area (Å²) in [5.41, 5.74) is 2.15. The van der Waals surface area contributed by atoms with Gasteiger partial charge in [-0.05, 0) is 32.7 Å². The van der Waals surface area contributed by atoms with Crippen molar-refractivity contribution in [1.82, 2.24) is 10.3 Å². The first kappa shape index (κ1) is 14.7. The first-order chi connectivity index (χ1) is 7.15. The fourth-order valence-electron chi connectivity index (χ4n) is 1.49. The average molecular weight is 233 g/mol. The molecule has 5 heteroatoms. The minimum absolute atomic E-state index is 0.0821. The van der Waals surface area contributed by atoms with Gasteiger partial charge in [-0.3, -0.25) is 10.2 Å². The van der Waals surface area contributed by atoms with Crippen LogP contribution in [-0.4, -0.2) is 42.4 Å². The molecule has 1 unspecified atom stereocenters. The van der Waals surface area contributed by atoms with E-state index in [1.807, 2.05) is 11.8 Å². The third-order valence-electron chi connectivity index (χ3n) is 2.53. The van der Waals surface area contributed by atoms with E-state index in [1.165, 1.54) is 0 Å². The summed E-state index contributed by atoms with van der Waals surface area (Å²) < 4.78 is 0. The molecule has 0 aliphatic carbocycles. The number of thioether (sulfide) groups is 1. The highest BCUT2D eigenvalue weighted by atomic mass is 32.2. The Hall–Kier alpha value is -0.260. The normalized spacial score (nSPS) is 12.9. The summed E-state index contributed by atoms with van der Waals surface area (Å²) in [5, 5.41) is 0. The van der Waals surface area contributed by atoms with E-state index in [1.54, 1.807) is 0 Å². The molecule has 0 aromatic rings. The quantitative estimate of drug-likeness (QED) is 0.370. The van der Waals surface area contributed by atoms with Crippen molar-refractivity contribution in [1.29, 1.82) is 0 Å². The van der Waals surface area contributed by atoms with Crippen LogP contribution in [0.3, 0.4) is 0 Å². The highest BCUT2D eigenvalue weighted by Crippen LogP contribution is 2.09. The summed E-state index contributed by atoms with van der Waals surface area (Å²) in [4.78, 5) is 13.2. The van der Waals surface area contributed by atoms with Crippen molar-refractivity contribution in [2.45, 2.75) is 32.2 Å². The molecular weight excluding hydrogens is 210 g/mol. The second-order valence-electron chi connectivity index (χ2n) is 3.67. The lowest BCUT2D eigenvalue weighted by Crippen LogP contribution is -2.35. The average Bonchev–Trinajstić information content (AvgIpc) is 2.25. The molecule has 0 aromatic carbocycles. The molecule has 0 aliphatic heterocycles. The van der Waals surface area contributed by atoms with Gasteiger partial charge in [-0.2, -0.15) is 11.8 Å². The number of hydrogen-bond acceptors (Lipinski definition) is 4. The van der Waals surface area contributed by atoms with Gasteiger partial charge in [0, 0.05) is 18.2 Å². The maximum atomic E-state index is 10.9. The van der Waals surface area contributed by atoms with Crippen LogP contribution in [0.4, 0.5) is 0 Å². The maximum absolute atomic E-state index is 10.9. The summed E-state index contributed by atoms with van der Waals surface area (Å²) in [5.74, 6) is 6.07. The largest absolute Gasteiger partial charge is 0.303 e. The Morgan fingerprint density at radius 1 is 1.60 bits per heavy atom. The van der Waals surface area contributed by atoms with Gasteiger partial charge in [-0.1, -0.05) is 6.92 Å². The summed E-state index contributed by atoms with van der Waals surface area (Å²) in [6.07, 6.45) is 4.65. The summed E-state index contributed by atoms with van der Waals surface area (Å²) >= 11 is 1.87. The van der Waals surface area contributed by atoms with E-state index in [2.05, 4.69) is 30.6 Å². The zero-order chi connectivity index (χ0) is 11.7. The standard InChI is InChI=1S/C10H23N3OS/c1-4-9(8-15-3)13(2)7-5-6-10(14)12-11/h9H,4-8,11H2,1-3H3,(H,12,14). The highest BCUT2D eigenvalue weighted by molar-refractivity contribution is 7.98. The molecule has 0 aromatic heterocycles. The van der Waals surface area contributed by atoms with E-state index in [4.69, 9.17) is 5.84 Å². The Balaban J connectivity index is 3.70. The molecule has 1 atom stereocenters. The van der Waals surface area contributed by atoms with E-state index < -0.39 is 0 Å². The Bertz CT molecular complexity index is 178. The monoisotopic (exact) mass is 233 g/mol. The van der Waals surface area contributed by atoms with Crippen molar-refractivity contribution in [3.63, 3.8) is 0 Å². The number of nitrogens with one attached hydrogen (secondary N) is 1. The van der Waals surface area contributed by atoms with Gasteiger partial charge >= 0.3 is 0 Å². The molecule has 3 N–H and O–H groups in total. The van der Waals surface area contributed by atoms with Crippen LogP contribution < -0.4 is 11.3 Å². The molecule has 1 amide bonds. The molecule has 0 radical (unpaired) electrons. The number of nitrogens with two attached hydrogens (primary N) is 1. The van der Waals surface area contributed by atoms with Crippen molar-refractivity contribution in [2.24, 2.45) is 5.84 Å². The first-order valence-electron chi connectivity index (χ1n) is 5.34. The molecule has 0 saturated carbocycles. The van der Waals surface area contributed by atoms with E-state index in [-0.39, 0.29) is 5.91 Å². The van der Waals surface area contributed by atoms with Crippen LogP contribution in [0.15, 0.2) is 0 Å². The number of hydrogen-bond donors (Lipinski definition) is 2. The van der Waals surface area contributed by atoms with Crippen molar-refractivity contribution < 1.29 is 4.79 Å². The molecule has 15 heavy (non-hydrogen) atoms. The number of amides is 1. The lowest BCUT2D eigenvalue weighted by atomic mass is 10.2. The topological polar surface area (TPSA) is 58.4 Å². The Kier molecular flexibility index (Phi) is 8.85. The summed E-state index contributed by atoms with van der Waals surface area (Å²) in [7, 11) is 2.12. The number of carbonyl (C=O) groups is 1. The second-order valence-corrected chi connectivity index (χ2v) is 4.58. The van der Waals surface area contributed by atoms with Crippen LogP contribution >= 0.6 is 11.8 Å². The van der Waals surface area contributed by atoms with Gasteiger partial charge in [0.15, 0.2) is 0 Å². The molecule has 0 fully saturated rings. The molecular formula is C10H23N3OS. The number of nitrogens with zero attached hydrogens (tertiary/aromatic N) is 1. The summed E-state index contributed by atoms with van der Waals surface area (Å²) in [6, 6.07) is 0.612. The molecule has 0 bridgehead atoms. The second kappa shape index (κ2) is 9.00. The maximum Gasteiger partial charge on any atom is 0.233 e.